The quantitative estimate of drug-likeness (QED) is 0.314. The topological polar surface area (TPSA) is 90.9 Å². The third-order valence-electron chi connectivity index (χ3n) is 4.98. The highest BCUT2D eigenvalue weighted by Crippen LogP contribution is 2.25. The number of amides is 1. The normalized spacial score (nSPS) is 10.8. The second kappa shape index (κ2) is 9.87. The monoisotopic (exact) mass is 433 g/mol. The number of benzene rings is 2. The van der Waals surface area contributed by atoms with Gasteiger partial charge in [-0.2, -0.15) is 0 Å². The predicted molar refractivity (Wildman–Crippen MR) is 120 cm³/mol. The van der Waals surface area contributed by atoms with Crippen LogP contribution in [0.25, 0.3) is 22.1 Å². The number of carbonyl (C=O) groups excluding carboxylic acids is 1. The number of rotatable bonds is 9. The molecule has 4 rings (SSSR count). The van der Waals surface area contributed by atoms with Crippen molar-refractivity contribution in [2.75, 3.05) is 20.3 Å². The van der Waals surface area contributed by atoms with Gasteiger partial charge >= 0.3 is 5.63 Å². The Kier molecular flexibility index (Phi) is 6.55. The molecule has 0 spiro atoms. The number of nitrogens with one attached hydrogen (secondary N) is 1. The lowest BCUT2D eigenvalue weighted by molar-refractivity contribution is -0.123. The number of methoxy groups -OCH3 is 1. The molecule has 0 saturated carbocycles. The molecule has 2 aromatic carbocycles. The van der Waals surface area contributed by atoms with Gasteiger partial charge in [-0.3, -0.25) is 4.79 Å². The zero-order valence-corrected chi connectivity index (χ0v) is 17.6. The lowest BCUT2D eigenvalue weighted by Crippen LogP contribution is -2.29. The Hall–Kier alpha value is -4.00. The summed E-state index contributed by atoms with van der Waals surface area (Å²) in [5.41, 5.74) is 1.20. The van der Waals surface area contributed by atoms with Gasteiger partial charge in [-0.05, 0) is 60.5 Å². The zero-order valence-electron chi connectivity index (χ0n) is 17.6. The Labute approximate surface area is 184 Å². The zero-order chi connectivity index (χ0) is 22.3. The highest BCUT2D eigenvalue weighted by Gasteiger charge is 2.10. The molecule has 0 aliphatic rings. The molecule has 0 radical (unpaired) electrons. The molecule has 1 N–H and O–H groups in total. The first-order valence-electron chi connectivity index (χ1n) is 10.3. The van der Waals surface area contributed by atoms with E-state index in [2.05, 4.69) is 5.32 Å². The summed E-state index contributed by atoms with van der Waals surface area (Å²) in [6, 6.07) is 17.7. The van der Waals surface area contributed by atoms with Crippen LogP contribution < -0.4 is 20.4 Å². The first-order chi connectivity index (χ1) is 15.6. The van der Waals surface area contributed by atoms with Gasteiger partial charge in [-0.1, -0.05) is 12.1 Å². The highest BCUT2D eigenvalue weighted by atomic mass is 16.5. The molecular weight excluding hydrogens is 410 g/mol. The fourth-order valence-corrected chi connectivity index (χ4v) is 3.31. The summed E-state index contributed by atoms with van der Waals surface area (Å²) >= 11 is 0. The predicted octanol–water partition coefficient (Wildman–Crippen LogP) is 4.19. The van der Waals surface area contributed by atoms with Crippen LogP contribution in [-0.2, 0) is 11.2 Å². The van der Waals surface area contributed by atoms with Crippen molar-refractivity contribution in [3.05, 3.63) is 83.1 Å². The Morgan fingerprint density at radius 3 is 2.59 bits per heavy atom. The molecule has 32 heavy (non-hydrogen) atoms. The fraction of sp³-hybridized carbons (Fsp3) is 0.200. The van der Waals surface area contributed by atoms with Gasteiger partial charge < -0.3 is 23.6 Å². The molecule has 0 aliphatic carbocycles. The van der Waals surface area contributed by atoms with Crippen molar-refractivity contribution in [1.29, 1.82) is 0 Å². The molecule has 0 fully saturated rings. The van der Waals surface area contributed by atoms with Gasteiger partial charge in [0.25, 0.3) is 5.91 Å². The number of fused-ring (bicyclic) bond motifs is 1. The molecule has 0 atom stereocenters. The molecule has 2 aromatic heterocycles. The summed E-state index contributed by atoms with van der Waals surface area (Å²) < 4.78 is 21.5. The number of carbonyl (C=O) groups is 1. The van der Waals surface area contributed by atoms with Crippen LogP contribution in [-0.4, -0.2) is 26.2 Å². The van der Waals surface area contributed by atoms with Gasteiger partial charge in [0.05, 0.1) is 18.9 Å². The molecule has 2 heterocycles. The molecule has 7 nitrogen and oxygen atoms in total. The first kappa shape index (κ1) is 21.2. The summed E-state index contributed by atoms with van der Waals surface area (Å²) in [4.78, 5) is 24.4. The maximum Gasteiger partial charge on any atom is 0.344 e. The smallest absolute Gasteiger partial charge is 0.344 e. The van der Waals surface area contributed by atoms with E-state index in [1.807, 2.05) is 18.2 Å². The fourth-order valence-electron chi connectivity index (χ4n) is 3.31. The summed E-state index contributed by atoms with van der Waals surface area (Å²) in [5, 5.41) is 3.58. The van der Waals surface area contributed by atoms with Crippen LogP contribution in [0.2, 0.25) is 0 Å². The van der Waals surface area contributed by atoms with E-state index in [-0.39, 0.29) is 12.5 Å². The third-order valence-corrected chi connectivity index (χ3v) is 4.98. The van der Waals surface area contributed by atoms with Gasteiger partial charge in [-0.15, -0.1) is 0 Å². The maximum absolute atomic E-state index is 12.4. The Morgan fingerprint density at radius 1 is 1.03 bits per heavy atom. The molecule has 0 unspecified atom stereocenters. The molecule has 4 aromatic rings. The standard InChI is InChI=1S/C25H23NO6/c1-29-21-10-11-23-18(14-21)15-22(25(28)32-23)17-6-8-20(9-7-17)31-16-24(27)26-12-2-4-19-5-3-13-30-19/h3,5-11,13-15H,2,4,12,16H2,1H3,(H,26,27). The second-order valence-corrected chi connectivity index (χ2v) is 7.20. The molecule has 1 amide bonds. The van der Waals surface area contributed by atoms with Crippen LogP contribution in [0.5, 0.6) is 11.5 Å². The number of hydrogen-bond acceptors (Lipinski definition) is 6. The van der Waals surface area contributed by atoms with E-state index >= 15 is 0 Å². The van der Waals surface area contributed by atoms with Crippen LogP contribution in [0.15, 0.2) is 80.6 Å². The van der Waals surface area contributed by atoms with E-state index in [1.54, 1.807) is 55.8 Å². The highest BCUT2D eigenvalue weighted by molar-refractivity contribution is 5.83. The molecule has 164 valence electrons. The average Bonchev–Trinajstić information content (AvgIpc) is 3.34. The minimum atomic E-state index is -0.426. The van der Waals surface area contributed by atoms with Crippen molar-refractivity contribution in [1.82, 2.24) is 5.32 Å². The van der Waals surface area contributed by atoms with E-state index in [1.165, 1.54) is 0 Å². The maximum atomic E-state index is 12.4. The van der Waals surface area contributed by atoms with E-state index in [4.69, 9.17) is 18.3 Å². The number of hydrogen-bond donors (Lipinski definition) is 1. The van der Waals surface area contributed by atoms with Gasteiger partial charge in [0.1, 0.15) is 22.8 Å². The molecule has 0 saturated heterocycles. The largest absolute Gasteiger partial charge is 0.497 e. The van der Waals surface area contributed by atoms with Crippen molar-refractivity contribution in [3.63, 3.8) is 0 Å². The van der Waals surface area contributed by atoms with Crippen molar-refractivity contribution < 1.29 is 23.1 Å². The van der Waals surface area contributed by atoms with Crippen molar-refractivity contribution in [3.8, 4) is 22.6 Å². The second-order valence-electron chi connectivity index (χ2n) is 7.20. The summed E-state index contributed by atoms with van der Waals surface area (Å²) in [5.74, 6) is 1.92. The third kappa shape index (κ3) is 5.18. The van der Waals surface area contributed by atoms with Crippen molar-refractivity contribution >= 4 is 16.9 Å². The molecule has 7 heteroatoms. The van der Waals surface area contributed by atoms with Crippen LogP contribution in [0, 0.1) is 0 Å². The van der Waals surface area contributed by atoms with Crippen molar-refractivity contribution in [2.24, 2.45) is 0 Å². The number of ether oxygens (including phenoxy) is 2. The van der Waals surface area contributed by atoms with Gasteiger partial charge in [0.2, 0.25) is 0 Å². The Morgan fingerprint density at radius 2 is 1.84 bits per heavy atom. The SMILES string of the molecule is COc1ccc2oc(=O)c(-c3ccc(OCC(=O)NCCCc4ccco4)cc3)cc2c1. The lowest BCUT2D eigenvalue weighted by atomic mass is 10.1. The van der Waals surface area contributed by atoms with E-state index in [0.717, 1.165) is 24.0 Å². The summed E-state index contributed by atoms with van der Waals surface area (Å²) in [6.45, 7) is 0.461. The van der Waals surface area contributed by atoms with Crippen LogP contribution in [0.1, 0.15) is 12.2 Å². The minimum absolute atomic E-state index is 0.0853. The number of furan rings is 1. The minimum Gasteiger partial charge on any atom is -0.497 e. The van der Waals surface area contributed by atoms with E-state index in [9.17, 15) is 9.59 Å². The molecular formula is C25H23NO6. The molecule has 0 aliphatic heterocycles. The van der Waals surface area contributed by atoms with Gasteiger partial charge in [-0.25, -0.2) is 4.79 Å². The van der Waals surface area contributed by atoms with Crippen molar-refractivity contribution in [2.45, 2.75) is 12.8 Å². The molecule has 0 bridgehead atoms. The summed E-state index contributed by atoms with van der Waals surface area (Å²) in [7, 11) is 1.58. The first-order valence-corrected chi connectivity index (χ1v) is 10.3. The Balaban J connectivity index is 1.33. The lowest BCUT2D eigenvalue weighted by Gasteiger charge is -2.08. The Bertz CT molecular complexity index is 1240. The average molecular weight is 433 g/mol. The van der Waals surface area contributed by atoms with E-state index < -0.39 is 5.63 Å². The van der Waals surface area contributed by atoms with Crippen LogP contribution >= 0.6 is 0 Å². The number of aryl methyl sites for hydroxylation is 1. The van der Waals surface area contributed by atoms with Gasteiger partial charge in [0.15, 0.2) is 6.61 Å². The summed E-state index contributed by atoms with van der Waals surface area (Å²) in [6.07, 6.45) is 3.19. The van der Waals surface area contributed by atoms with Crippen LogP contribution in [0.3, 0.4) is 0 Å². The van der Waals surface area contributed by atoms with E-state index in [0.29, 0.717) is 34.8 Å². The van der Waals surface area contributed by atoms with Gasteiger partial charge in [0, 0.05) is 18.4 Å². The van der Waals surface area contributed by atoms with Crippen LogP contribution in [0.4, 0.5) is 0 Å².